The Balaban J connectivity index is 1.72. The summed E-state index contributed by atoms with van der Waals surface area (Å²) in [5.41, 5.74) is 1.96. The van der Waals surface area contributed by atoms with E-state index < -0.39 is 25.7 Å². The van der Waals surface area contributed by atoms with Gasteiger partial charge in [0.2, 0.25) is 0 Å². The van der Waals surface area contributed by atoms with Gasteiger partial charge in [0.1, 0.15) is 11.3 Å². The minimum Gasteiger partial charge on any atom is -0.493 e. The Kier molecular flexibility index (Phi) is 9.46. The molecule has 2 aromatic heterocycles. The van der Waals surface area contributed by atoms with Crippen LogP contribution >= 0.6 is 0 Å². The lowest BCUT2D eigenvalue weighted by Crippen LogP contribution is -2.28. The van der Waals surface area contributed by atoms with E-state index in [9.17, 15) is 28.1 Å². The van der Waals surface area contributed by atoms with Gasteiger partial charge in [-0.2, -0.15) is 0 Å². The summed E-state index contributed by atoms with van der Waals surface area (Å²) in [6.45, 7) is 5.97. The van der Waals surface area contributed by atoms with Gasteiger partial charge < -0.3 is 14.6 Å². The zero-order chi connectivity index (χ0) is 29.7. The summed E-state index contributed by atoms with van der Waals surface area (Å²) >= 11 is 0. The molecular formula is C28H36N4O8S. The quantitative estimate of drug-likeness (QED) is 0.174. The molecule has 1 N–H and O–H groups in total. The number of aldehydes is 1. The van der Waals surface area contributed by atoms with Gasteiger partial charge in [0, 0.05) is 5.56 Å². The largest absolute Gasteiger partial charge is 0.493 e. The lowest BCUT2D eigenvalue weighted by atomic mass is 9.87. The SMILES string of the molecule is CCCc1c(C=O)c(CC)c2c(=O)[nH]c(-c3cc(S(=O)(=O)C4CCC(CCO[N+](=O)[O-])CC4)ccc3OCC)nn12. The van der Waals surface area contributed by atoms with Gasteiger partial charge in [-0.3, -0.25) is 9.59 Å². The van der Waals surface area contributed by atoms with Crippen LogP contribution in [0.5, 0.6) is 5.75 Å². The van der Waals surface area contributed by atoms with Crippen molar-refractivity contribution in [3.8, 4) is 17.1 Å². The third-order valence-corrected chi connectivity index (χ3v) is 10.0. The Hall–Kier alpha value is -3.74. The van der Waals surface area contributed by atoms with E-state index in [4.69, 9.17) is 9.84 Å². The highest BCUT2D eigenvalue weighted by Crippen LogP contribution is 2.36. The fourth-order valence-corrected chi connectivity index (χ4v) is 7.60. The predicted molar refractivity (Wildman–Crippen MR) is 152 cm³/mol. The van der Waals surface area contributed by atoms with E-state index in [2.05, 4.69) is 9.82 Å². The molecule has 4 rings (SSSR count). The number of aryl methyl sites for hydroxylation is 2. The smallest absolute Gasteiger partial charge is 0.294 e. The molecule has 0 aliphatic heterocycles. The minimum absolute atomic E-state index is 0.00232. The Morgan fingerprint density at radius 3 is 2.54 bits per heavy atom. The molecule has 0 bridgehead atoms. The molecule has 1 fully saturated rings. The van der Waals surface area contributed by atoms with Crippen molar-refractivity contribution >= 4 is 21.6 Å². The van der Waals surface area contributed by atoms with Crippen LogP contribution in [-0.2, 0) is 27.5 Å². The highest BCUT2D eigenvalue weighted by molar-refractivity contribution is 7.92. The maximum absolute atomic E-state index is 13.7. The lowest BCUT2D eigenvalue weighted by molar-refractivity contribution is -0.758. The summed E-state index contributed by atoms with van der Waals surface area (Å²) in [4.78, 5) is 43.0. The molecule has 1 aromatic carbocycles. The van der Waals surface area contributed by atoms with E-state index in [0.29, 0.717) is 85.2 Å². The molecule has 1 saturated carbocycles. The Morgan fingerprint density at radius 1 is 1.20 bits per heavy atom. The number of hydrogen-bond acceptors (Lipinski definition) is 9. The number of carbonyl (C=O) groups is 1. The van der Waals surface area contributed by atoms with Gasteiger partial charge in [-0.15, -0.1) is 15.2 Å². The molecule has 1 aliphatic rings. The number of rotatable bonds is 13. The summed E-state index contributed by atoms with van der Waals surface area (Å²) in [6, 6.07) is 4.58. The Labute approximate surface area is 238 Å². The molecule has 0 amide bonds. The number of nitrogens with one attached hydrogen (secondary N) is 1. The zero-order valence-corrected chi connectivity index (χ0v) is 24.4. The monoisotopic (exact) mass is 588 g/mol. The molecule has 12 nitrogen and oxygen atoms in total. The minimum atomic E-state index is -3.73. The molecule has 3 aromatic rings. The van der Waals surface area contributed by atoms with Crippen molar-refractivity contribution in [2.75, 3.05) is 13.2 Å². The van der Waals surface area contributed by atoms with E-state index in [0.717, 1.165) is 12.7 Å². The number of sulfone groups is 1. The van der Waals surface area contributed by atoms with E-state index in [1.165, 1.54) is 16.6 Å². The van der Waals surface area contributed by atoms with Gasteiger partial charge in [-0.05, 0) is 81.5 Å². The van der Waals surface area contributed by atoms with Crippen LogP contribution in [0, 0.1) is 16.0 Å². The van der Waals surface area contributed by atoms with Crippen LogP contribution in [0.25, 0.3) is 16.9 Å². The van der Waals surface area contributed by atoms with Gasteiger partial charge in [-0.25, -0.2) is 12.9 Å². The second-order valence-corrected chi connectivity index (χ2v) is 12.5. The van der Waals surface area contributed by atoms with Gasteiger partial charge >= 0.3 is 0 Å². The van der Waals surface area contributed by atoms with E-state index in [-0.39, 0.29) is 23.2 Å². The van der Waals surface area contributed by atoms with Crippen molar-refractivity contribution in [3.05, 3.63) is 55.5 Å². The topological polar surface area (TPSA) is 163 Å². The average Bonchev–Trinajstić information content (AvgIpc) is 3.26. The molecule has 0 radical (unpaired) electrons. The number of nitrogens with zero attached hydrogens (tertiary/aromatic N) is 3. The number of ether oxygens (including phenoxy) is 1. The van der Waals surface area contributed by atoms with Gasteiger partial charge in [0.05, 0.1) is 34.6 Å². The molecular weight excluding hydrogens is 552 g/mol. The van der Waals surface area contributed by atoms with Crippen LogP contribution in [-0.4, -0.2) is 52.9 Å². The van der Waals surface area contributed by atoms with Crippen molar-refractivity contribution in [2.45, 2.75) is 82.3 Å². The van der Waals surface area contributed by atoms with Crippen LogP contribution < -0.4 is 10.3 Å². The number of aromatic amines is 1. The Morgan fingerprint density at radius 2 is 1.93 bits per heavy atom. The van der Waals surface area contributed by atoms with Crippen LogP contribution in [0.2, 0.25) is 0 Å². The molecule has 0 unspecified atom stereocenters. The number of fused-ring (bicyclic) bond motifs is 1. The normalized spacial score (nSPS) is 17.4. The second kappa shape index (κ2) is 12.8. The van der Waals surface area contributed by atoms with E-state index in [1.54, 1.807) is 13.0 Å². The first kappa shape index (κ1) is 30.2. The summed E-state index contributed by atoms with van der Waals surface area (Å²) in [5.74, 6) is 0.686. The maximum Gasteiger partial charge on any atom is 0.294 e. The number of H-pyrrole nitrogens is 1. The molecule has 41 heavy (non-hydrogen) atoms. The van der Waals surface area contributed by atoms with Crippen molar-refractivity contribution in [3.63, 3.8) is 0 Å². The molecule has 0 atom stereocenters. The summed E-state index contributed by atoms with van der Waals surface area (Å²) in [6.07, 6.45) is 5.17. The number of benzene rings is 1. The molecule has 2 heterocycles. The van der Waals surface area contributed by atoms with Crippen molar-refractivity contribution in [2.24, 2.45) is 5.92 Å². The summed E-state index contributed by atoms with van der Waals surface area (Å²) in [5, 5.41) is 13.7. The molecule has 1 aliphatic carbocycles. The number of carbonyl (C=O) groups excluding carboxylic acids is 1. The first-order chi connectivity index (χ1) is 19.7. The fraction of sp³-hybridized carbons (Fsp3) is 0.536. The highest BCUT2D eigenvalue weighted by Gasteiger charge is 2.33. The average molecular weight is 589 g/mol. The van der Waals surface area contributed by atoms with Crippen LogP contribution in [0.15, 0.2) is 27.9 Å². The maximum atomic E-state index is 13.7. The van der Waals surface area contributed by atoms with Gasteiger partial charge in [0.25, 0.3) is 10.6 Å². The first-order valence-corrected chi connectivity index (χ1v) is 15.6. The summed E-state index contributed by atoms with van der Waals surface area (Å²) in [7, 11) is -3.73. The summed E-state index contributed by atoms with van der Waals surface area (Å²) < 4.78 is 34.7. The van der Waals surface area contributed by atoms with Crippen LogP contribution in [0.4, 0.5) is 0 Å². The Bertz CT molecular complexity index is 1590. The third kappa shape index (κ3) is 6.14. The zero-order valence-electron chi connectivity index (χ0n) is 23.6. The van der Waals surface area contributed by atoms with Gasteiger partial charge in [0.15, 0.2) is 21.9 Å². The standard InChI is InChI=1S/C28H36N4O8S/c1-4-7-24-23(17-33)21(5-2)26-28(34)29-27(30-31(24)26)22-16-20(12-13-25(22)39-6-3)41(37,38)19-10-8-18(9-11-19)14-15-40-32(35)36/h12-13,16-19H,4-11,14-15H2,1-3H3,(H,29,30,34). The number of hydrogen-bond donors (Lipinski definition) is 1. The van der Waals surface area contributed by atoms with E-state index >= 15 is 0 Å². The highest BCUT2D eigenvalue weighted by atomic mass is 32.2. The van der Waals surface area contributed by atoms with Crippen LogP contribution in [0.1, 0.15) is 80.9 Å². The second-order valence-electron chi connectivity index (χ2n) is 10.2. The fourth-order valence-electron chi connectivity index (χ4n) is 5.78. The van der Waals surface area contributed by atoms with E-state index in [1.807, 2.05) is 13.8 Å². The predicted octanol–water partition coefficient (Wildman–Crippen LogP) is 4.35. The van der Waals surface area contributed by atoms with Crippen molar-refractivity contribution in [1.29, 1.82) is 0 Å². The number of aromatic nitrogens is 3. The van der Waals surface area contributed by atoms with Crippen LogP contribution in [0.3, 0.4) is 0 Å². The first-order valence-electron chi connectivity index (χ1n) is 14.1. The molecule has 222 valence electrons. The molecule has 0 saturated heterocycles. The lowest BCUT2D eigenvalue weighted by Gasteiger charge is -2.28. The molecule has 13 heteroatoms. The van der Waals surface area contributed by atoms with Crippen molar-refractivity contribution < 1.29 is 27.9 Å². The third-order valence-electron chi connectivity index (χ3n) is 7.78. The molecule has 0 spiro atoms. The van der Waals surface area contributed by atoms with Crippen molar-refractivity contribution in [1.82, 2.24) is 14.6 Å². The van der Waals surface area contributed by atoms with Gasteiger partial charge in [-0.1, -0.05) is 20.3 Å².